The predicted molar refractivity (Wildman–Crippen MR) is 88.2 cm³/mol. The van der Waals surface area contributed by atoms with Gasteiger partial charge in [-0.3, -0.25) is 4.79 Å². The molecule has 0 aliphatic heterocycles. The summed E-state index contributed by atoms with van der Waals surface area (Å²) in [5, 5.41) is 16.8. The van der Waals surface area contributed by atoms with Gasteiger partial charge in [0.15, 0.2) is 0 Å². The summed E-state index contributed by atoms with van der Waals surface area (Å²) in [6, 6.07) is 10.5. The molecule has 6 heteroatoms. The molecule has 1 amide bonds. The first-order valence-corrected chi connectivity index (χ1v) is 7.61. The molecule has 22 heavy (non-hydrogen) atoms. The van der Waals surface area contributed by atoms with Crippen LogP contribution in [-0.4, -0.2) is 55.5 Å². The van der Waals surface area contributed by atoms with Gasteiger partial charge in [-0.25, -0.2) is 0 Å². The van der Waals surface area contributed by atoms with Gasteiger partial charge < -0.3 is 20.7 Å². The minimum Gasteiger partial charge on any atom is -0.411 e. The maximum Gasteiger partial charge on any atom is 0.265 e. The van der Waals surface area contributed by atoms with Crippen LogP contribution in [0.5, 0.6) is 0 Å². The summed E-state index contributed by atoms with van der Waals surface area (Å²) in [6.07, 6.45) is 2.80. The number of rotatable bonds is 11. The van der Waals surface area contributed by atoms with Crippen molar-refractivity contribution in [2.45, 2.75) is 19.4 Å². The maximum atomic E-state index is 11.0. The topological polar surface area (TPSA) is 77.0 Å². The highest BCUT2D eigenvalue weighted by Crippen LogP contribution is 2.02. The summed E-state index contributed by atoms with van der Waals surface area (Å²) in [6.45, 7) is 4.42. The molecule has 0 radical (unpaired) electrons. The van der Waals surface area contributed by atoms with Gasteiger partial charge in [-0.2, -0.15) is 0 Å². The monoisotopic (exact) mass is 306 g/mol. The molecular formula is C16H26N4O2. The molecule has 1 rings (SSSR count). The lowest BCUT2D eigenvalue weighted by Gasteiger charge is -2.16. The van der Waals surface area contributed by atoms with Crippen molar-refractivity contribution in [1.82, 2.24) is 15.5 Å². The fraction of sp³-hybridized carbons (Fsp3) is 0.500. The molecule has 1 aromatic carbocycles. The van der Waals surface area contributed by atoms with Crippen LogP contribution in [0.2, 0.25) is 0 Å². The lowest BCUT2D eigenvalue weighted by atomic mass is 10.2. The second-order valence-electron chi connectivity index (χ2n) is 5.22. The summed E-state index contributed by atoms with van der Waals surface area (Å²) in [5.41, 5.74) is 1.33. The summed E-state index contributed by atoms with van der Waals surface area (Å²) in [5.74, 6) is -0.370. The number of hydrogen-bond donors (Lipinski definition) is 3. The Hall–Kier alpha value is -1.92. The van der Waals surface area contributed by atoms with Crippen LogP contribution in [0.25, 0.3) is 0 Å². The molecule has 0 aliphatic carbocycles. The molecule has 122 valence electrons. The van der Waals surface area contributed by atoms with Crippen LogP contribution < -0.4 is 10.6 Å². The van der Waals surface area contributed by atoms with Crippen molar-refractivity contribution < 1.29 is 10.0 Å². The first kappa shape index (κ1) is 18.1. The zero-order chi connectivity index (χ0) is 16.0. The highest BCUT2D eigenvalue weighted by Gasteiger charge is 1.99. The Balaban J connectivity index is 1.94. The fourth-order valence-electron chi connectivity index (χ4n) is 2.10. The molecule has 0 bridgehead atoms. The first-order chi connectivity index (χ1) is 10.7. The van der Waals surface area contributed by atoms with E-state index in [0.29, 0.717) is 6.54 Å². The van der Waals surface area contributed by atoms with Gasteiger partial charge in [-0.05, 0) is 45.1 Å². The molecular weight excluding hydrogens is 280 g/mol. The highest BCUT2D eigenvalue weighted by molar-refractivity contribution is 6.25. The van der Waals surface area contributed by atoms with E-state index in [-0.39, 0.29) is 5.91 Å². The van der Waals surface area contributed by atoms with E-state index in [4.69, 9.17) is 5.21 Å². The number of benzene rings is 1. The second kappa shape index (κ2) is 11.7. The molecule has 0 fully saturated rings. The SMILES string of the molecule is CN(CCCNCCCNC(=O)/C=N\O)Cc1ccccc1. The van der Waals surface area contributed by atoms with Crippen LogP contribution in [0.1, 0.15) is 18.4 Å². The standard InChI is InChI=1S/C16H26N4O2/c1-20(14-15-7-3-2-4-8-15)12-6-10-17-9-5-11-18-16(21)13-19-22/h2-4,7-8,13,17,22H,5-6,9-12,14H2,1H3,(H,18,21)/b19-13-. The molecule has 0 heterocycles. The molecule has 6 nitrogen and oxygen atoms in total. The molecule has 0 unspecified atom stereocenters. The first-order valence-electron chi connectivity index (χ1n) is 7.61. The number of amides is 1. The minimum absolute atomic E-state index is 0.370. The van der Waals surface area contributed by atoms with E-state index in [9.17, 15) is 4.79 Å². The summed E-state index contributed by atoms with van der Waals surface area (Å²) < 4.78 is 0. The van der Waals surface area contributed by atoms with E-state index in [1.807, 2.05) is 6.07 Å². The van der Waals surface area contributed by atoms with Crippen LogP contribution in [0.15, 0.2) is 35.5 Å². The van der Waals surface area contributed by atoms with Crippen LogP contribution in [0, 0.1) is 0 Å². The average Bonchev–Trinajstić information content (AvgIpc) is 2.51. The van der Waals surface area contributed by atoms with E-state index in [1.165, 1.54) is 5.56 Å². The Kier molecular flexibility index (Phi) is 9.65. The molecule has 1 aromatic rings. The zero-order valence-corrected chi connectivity index (χ0v) is 13.2. The van der Waals surface area contributed by atoms with Gasteiger partial charge in [0.2, 0.25) is 0 Å². The van der Waals surface area contributed by atoms with Gasteiger partial charge in [0.1, 0.15) is 6.21 Å². The van der Waals surface area contributed by atoms with Gasteiger partial charge in [-0.1, -0.05) is 35.5 Å². The Morgan fingerprint density at radius 2 is 1.95 bits per heavy atom. The normalized spacial score (nSPS) is 11.2. The van der Waals surface area contributed by atoms with E-state index in [1.54, 1.807) is 0 Å². The molecule has 0 saturated carbocycles. The van der Waals surface area contributed by atoms with Crippen molar-refractivity contribution in [2.75, 3.05) is 33.2 Å². The summed E-state index contributed by atoms with van der Waals surface area (Å²) in [7, 11) is 2.13. The van der Waals surface area contributed by atoms with Gasteiger partial charge in [0, 0.05) is 13.1 Å². The third-order valence-corrected chi connectivity index (χ3v) is 3.19. The largest absolute Gasteiger partial charge is 0.411 e. The number of hydrogen-bond acceptors (Lipinski definition) is 5. The van der Waals surface area contributed by atoms with Crippen molar-refractivity contribution in [1.29, 1.82) is 0 Å². The van der Waals surface area contributed by atoms with Gasteiger partial charge in [0.05, 0.1) is 0 Å². The van der Waals surface area contributed by atoms with Crippen LogP contribution in [0.3, 0.4) is 0 Å². The molecule has 0 saturated heterocycles. The Bertz CT molecular complexity index is 437. The van der Waals surface area contributed by atoms with E-state index < -0.39 is 0 Å². The summed E-state index contributed by atoms with van der Waals surface area (Å²) >= 11 is 0. The zero-order valence-electron chi connectivity index (χ0n) is 13.2. The Morgan fingerprint density at radius 1 is 1.23 bits per heavy atom. The van der Waals surface area contributed by atoms with Crippen molar-refractivity contribution in [3.05, 3.63) is 35.9 Å². The number of nitrogens with one attached hydrogen (secondary N) is 2. The van der Waals surface area contributed by atoms with Crippen LogP contribution in [0.4, 0.5) is 0 Å². The average molecular weight is 306 g/mol. The van der Waals surface area contributed by atoms with E-state index in [2.05, 4.69) is 52.0 Å². The number of carbonyl (C=O) groups is 1. The third-order valence-electron chi connectivity index (χ3n) is 3.19. The molecule has 0 atom stereocenters. The van der Waals surface area contributed by atoms with Gasteiger partial charge in [-0.15, -0.1) is 0 Å². The molecule has 0 aliphatic rings. The summed E-state index contributed by atoms with van der Waals surface area (Å²) in [4.78, 5) is 13.3. The van der Waals surface area contributed by atoms with Gasteiger partial charge in [0.25, 0.3) is 5.91 Å². The van der Waals surface area contributed by atoms with Crippen LogP contribution in [-0.2, 0) is 11.3 Å². The van der Waals surface area contributed by atoms with Gasteiger partial charge >= 0.3 is 0 Å². The van der Waals surface area contributed by atoms with Crippen molar-refractivity contribution >= 4 is 12.1 Å². The lowest BCUT2D eigenvalue weighted by molar-refractivity contribution is -0.114. The number of oxime groups is 1. The van der Waals surface area contributed by atoms with Crippen molar-refractivity contribution in [3.63, 3.8) is 0 Å². The molecule has 3 N–H and O–H groups in total. The molecule has 0 aromatic heterocycles. The van der Waals surface area contributed by atoms with E-state index >= 15 is 0 Å². The molecule has 0 spiro atoms. The van der Waals surface area contributed by atoms with Crippen LogP contribution >= 0.6 is 0 Å². The smallest absolute Gasteiger partial charge is 0.265 e. The maximum absolute atomic E-state index is 11.0. The Labute approximate surface area is 132 Å². The Morgan fingerprint density at radius 3 is 2.68 bits per heavy atom. The quantitative estimate of drug-likeness (QED) is 0.247. The second-order valence-corrected chi connectivity index (χ2v) is 5.22. The highest BCUT2D eigenvalue weighted by atomic mass is 16.4. The van der Waals surface area contributed by atoms with Crippen molar-refractivity contribution in [3.8, 4) is 0 Å². The lowest BCUT2D eigenvalue weighted by Crippen LogP contribution is -2.29. The minimum atomic E-state index is -0.370. The van der Waals surface area contributed by atoms with Crippen molar-refractivity contribution in [2.24, 2.45) is 5.16 Å². The predicted octanol–water partition coefficient (Wildman–Crippen LogP) is 1.06. The van der Waals surface area contributed by atoms with E-state index in [0.717, 1.165) is 45.2 Å². The fourth-order valence-corrected chi connectivity index (χ4v) is 2.10. The number of carbonyl (C=O) groups excluding carboxylic acids is 1. The number of nitrogens with zero attached hydrogens (tertiary/aromatic N) is 2. The third kappa shape index (κ3) is 9.10.